The molecule has 2 rings (SSSR count). The van der Waals surface area contributed by atoms with Crippen LogP contribution in [0, 0.1) is 12.8 Å². The monoisotopic (exact) mass is 218 g/mol. The van der Waals surface area contributed by atoms with Crippen molar-refractivity contribution >= 4 is 0 Å². The van der Waals surface area contributed by atoms with Gasteiger partial charge in [-0.25, -0.2) is 0 Å². The zero-order chi connectivity index (χ0) is 11.2. The Labute approximate surface area is 98.4 Å². The molecular formula is C14H22N2. The van der Waals surface area contributed by atoms with E-state index in [1.807, 2.05) is 0 Å². The van der Waals surface area contributed by atoms with Gasteiger partial charge in [-0.15, -0.1) is 0 Å². The highest BCUT2D eigenvalue weighted by Crippen LogP contribution is 2.06. The van der Waals surface area contributed by atoms with Crippen molar-refractivity contribution in [2.24, 2.45) is 5.92 Å². The molecule has 0 saturated carbocycles. The number of nitrogens with one attached hydrogen (secondary N) is 2. The number of aryl methyl sites for hydroxylation is 1. The van der Waals surface area contributed by atoms with Crippen LogP contribution in [0.15, 0.2) is 24.3 Å². The molecule has 2 heteroatoms. The normalized spacial score (nSPS) is 20.2. The van der Waals surface area contributed by atoms with Crippen molar-refractivity contribution < 1.29 is 0 Å². The van der Waals surface area contributed by atoms with Gasteiger partial charge in [-0.3, -0.25) is 0 Å². The Morgan fingerprint density at radius 2 is 2.38 bits per heavy atom. The molecule has 0 aliphatic carbocycles. The van der Waals surface area contributed by atoms with Crippen molar-refractivity contribution in [2.45, 2.75) is 19.8 Å². The molecule has 2 nitrogen and oxygen atoms in total. The molecule has 1 unspecified atom stereocenters. The summed E-state index contributed by atoms with van der Waals surface area (Å²) in [6.07, 6.45) is 2.47. The third-order valence-electron chi connectivity index (χ3n) is 3.27. The highest BCUT2D eigenvalue weighted by molar-refractivity contribution is 5.22. The standard InChI is InChI=1S/C14H22N2/c1-12-3-2-4-13(9-12)5-7-15-10-14-6-8-16-11-14/h2-4,9,14-16H,5-8,10-11H2,1H3. The SMILES string of the molecule is Cc1cccc(CCNCC2CCNC2)c1. The molecule has 2 N–H and O–H groups in total. The molecule has 1 aliphatic rings. The van der Waals surface area contributed by atoms with E-state index < -0.39 is 0 Å². The second-order valence-electron chi connectivity index (χ2n) is 4.80. The minimum Gasteiger partial charge on any atom is -0.316 e. The van der Waals surface area contributed by atoms with Crippen LogP contribution in [0.3, 0.4) is 0 Å². The highest BCUT2D eigenvalue weighted by atomic mass is 14.9. The molecule has 1 fully saturated rings. The van der Waals surface area contributed by atoms with Gasteiger partial charge in [0.1, 0.15) is 0 Å². The Bertz CT molecular complexity index is 316. The first-order chi connectivity index (χ1) is 7.84. The molecule has 1 aliphatic heterocycles. The maximum atomic E-state index is 3.56. The van der Waals surface area contributed by atoms with Crippen molar-refractivity contribution in [3.05, 3.63) is 35.4 Å². The Hall–Kier alpha value is -0.860. The first-order valence-electron chi connectivity index (χ1n) is 6.31. The largest absolute Gasteiger partial charge is 0.316 e. The average molecular weight is 218 g/mol. The van der Waals surface area contributed by atoms with E-state index in [4.69, 9.17) is 0 Å². The number of hydrogen-bond acceptors (Lipinski definition) is 2. The maximum absolute atomic E-state index is 3.56. The quantitative estimate of drug-likeness (QED) is 0.736. The fraction of sp³-hybridized carbons (Fsp3) is 0.571. The van der Waals surface area contributed by atoms with Gasteiger partial charge in [0.05, 0.1) is 0 Å². The third-order valence-corrected chi connectivity index (χ3v) is 3.27. The first kappa shape index (κ1) is 11.6. The van der Waals surface area contributed by atoms with Gasteiger partial charge in [0.15, 0.2) is 0 Å². The molecule has 88 valence electrons. The molecule has 0 radical (unpaired) electrons. The fourth-order valence-electron chi connectivity index (χ4n) is 2.30. The van der Waals surface area contributed by atoms with E-state index >= 15 is 0 Å². The van der Waals surface area contributed by atoms with Crippen LogP contribution in [0.5, 0.6) is 0 Å². The Balaban J connectivity index is 1.64. The average Bonchev–Trinajstić information content (AvgIpc) is 2.77. The topological polar surface area (TPSA) is 24.1 Å². The van der Waals surface area contributed by atoms with Crippen LogP contribution in [-0.2, 0) is 6.42 Å². The van der Waals surface area contributed by atoms with E-state index in [1.54, 1.807) is 0 Å². The lowest BCUT2D eigenvalue weighted by Gasteiger charge is -2.10. The van der Waals surface area contributed by atoms with E-state index in [0.29, 0.717) is 0 Å². The summed E-state index contributed by atoms with van der Waals surface area (Å²) in [6.45, 7) is 6.81. The van der Waals surface area contributed by atoms with Crippen LogP contribution in [0.25, 0.3) is 0 Å². The Morgan fingerprint density at radius 1 is 1.44 bits per heavy atom. The van der Waals surface area contributed by atoms with Gasteiger partial charge in [-0.2, -0.15) is 0 Å². The summed E-state index contributed by atoms with van der Waals surface area (Å²) in [5.41, 5.74) is 2.80. The lowest BCUT2D eigenvalue weighted by atomic mass is 10.1. The van der Waals surface area contributed by atoms with E-state index in [1.165, 1.54) is 37.2 Å². The molecule has 1 saturated heterocycles. The number of hydrogen-bond donors (Lipinski definition) is 2. The van der Waals surface area contributed by atoms with Crippen molar-refractivity contribution in [3.63, 3.8) is 0 Å². The predicted molar refractivity (Wildman–Crippen MR) is 68.7 cm³/mol. The van der Waals surface area contributed by atoms with Crippen molar-refractivity contribution in [2.75, 3.05) is 26.2 Å². The first-order valence-corrected chi connectivity index (χ1v) is 6.31. The van der Waals surface area contributed by atoms with Crippen molar-refractivity contribution in [1.82, 2.24) is 10.6 Å². The maximum Gasteiger partial charge on any atom is -0.000777 e. The molecule has 1 heterocycles. The Kier molecular flexibility index (Phi) is 4.37. The summed E-state index contributed by atoms with van der Waals surface area (Å²) >= 11 is 0. The summed E-state index contributed by atoms with van der Waals surface area (Å²) in [5.74, 6) is 0.845. The van der Waals surface area contributed by atoms with Crippen LogP contribution in [0.4, 0.5) is 0 Å². The highest BCUT2D eigenvalue weighted by Gasteiger charge is 2.12. The van der Waals surface area contributed by atoms with Gasteiger partial charge < -0.3 is 10.6 Å². The van der Waals surface area contributed by atoms with Crippen LogP contribution in [-0.4, -0.2) is 26.2 Å². The van der Waals surface area contributed by atoms with E-state index in [9.17, 15) is 0 Å². The smallest absolute Gasteiger partial charge is 0.000777 e. The van der Waals surface area contributed by atoms with Crippen LogP contribution < -0.4 is 10.6 Å². The molecular weight excluding hydrogens is 196 g/mol. The molecule has 16 heavy (non-hydrogen) atoms. The molecule has 0 spiro atoms. The molecule has 0 aromatic heterocycles. The number of rotatable bonds is 5. The molecule has 0 amide bonds. The summed E-state index contributed by atoms with van der Waals surface area (Å²) in [6, 6.07) is 8.79. The van der Waals surface area contributed by atoms with Gasteiger partial charge in [0.25, 0.3) is 0 Å². The van der Waals surface area contributed by atoms with Gasteiger partial charge >= 0.3 is 0 Å². The second-order valence-corrected chi connectivity index (χ2v) is 4.80. The summed E-state index contributed by atoms with van der Waals surface area (Å²) < 4.78 is 0. The van der Waals surface area contributed by atoms with Crippen molar-refractivity contribution in [3.8, 4) is 0 Å². The lowest BCUT2D eigenvalue weighted by molar-refractivity contribution is 0.515. The molecule has 1 aromatic carbocycles. The lowest BCUT2D eigenvalue weighted by Crippen LogP contribution is -2.26. The minimum absolute atomic E-state index is 0.845. The zero-order valence-corrected chi connectivity index (χ0v) is 10.1. The number of benzene rings is 1. The predicted octanol–water partition coefficient (Wildman–Crippen LogP) is 1.74. The summed E-state index contributed by atoms with van der Waals surface area (Å²) in [5, 5.41) is 6.95. The van der Waals surface area contributed by atoms with Gasteiger partial charge in [-0.05, 0) is 57.4 Å². The van der Waals surface area contributed by atoms with E-state index in [2.05, 4.69) is 41.8 Å². The van der Waals surface area contributed by atoms with E-state index in [-0.39, 0.29) is 0 Å². The summed E-state index contributed by atoms with van der Waals surface area (Å²) in [4.78, 5) is 0. The second kappa shape index (κ2) is 6.02. The van der Waals surface area contributed by atoms with Gasteiger partial charge in [0.2, 0.25) is 0 Å². The minimum atomic E-state index is 0.845. The van der Waals surface area contributed by atoms with Crippen LogP contribution in [0.2, 0.25) is 0 Å². The Morgan fingerprint density at radius 3 is 3.12 bits per heavy atom. The van der Waals surface area contributed by atoms with Crippen LogP contribution in [0.1, 0.15) is 17.5 Å². The molecule has 1 aromatic rings. The van der Waals surface area contributed by atoms with E-state index in [0.717, 1.165) is 18.9 Å². The van der Waals surface area contributed by atoms with Crippen LogP contribution >= 0.6 is 0 Å². The third kappa shape index (κ3) is 3.62. The zero-order valence-electron chi connectivity index (χ0n) is 10.1. The molecule has 0 bridgehead atoms. The van der Waals surface area contributed by atoms with Gasteiger partial charge in [-0.1, -0.05) is 29.8 Å². The molecule has 1 atom stereocenters. The van der Waals surface area contributed by atoms with Crippen molar-refractivity contribution in [1.29, 1.82) is 0 Å². The fourth-order valence-corrected chi connectivity index (χ4v) is 2.30. The van der Waals surface area contributed by atoms with Gasteiger partial charge in [0, 0.05) is 0 Å². The summed E-state index contributed by atoms with van der Waals surface area (Å²) in [7, 11) is 0.